The maximum Gasteiger partial charge on any atom is 0.231 e. The molecule has 5 nitrogen and oxygen atoms in total. The molecule has 0 saturated carbocycles. The van der Waals surface area contributed by atoms with Crippen molar-refractivity contribution in [2.75, 3.05) is 0 Å². The molecule has 2 saturated heterocycles. The maximum atomic E-state index is 5.48. The van der Waals surface area contributed by atoms with E-state index in [4.69, 9.17) is 4.52 Å². The first-order valence-electron chi connectivity index (χ1n) is 6.82. The Balaban J connectivity index is 1.65. The van der Waals surface area contributed by atoms with Crippen molar-refractivity contribution in [3.63, 3.8) is 0 Å². The number of aryl methyl sites for hydroxylation is 1. The lowest BCUT2D eigenvalue weighted by molar-refractivity contribution is 0.329. The molecule has 2 fully saturated rings. The van der Waals surface area contributed by atoms with Gasteiger partial charge in [0.05, 0.1) is 5.92 Å². The Morgan fingerprint density at radius 2 is 2.32 bits per heavy atom. The predicted octanol–water partition coefficient (Wildman–Crippen LogP) is 2.05. The number of rotatable bonds is 2. The van der Waals surface area contributed by atoms with Gasteiger partial charge in [0.1, 0.15) is 0 Å². The van der Waals surface area contributed by atoms with Crippen LogP contribution in [-0.2, 0) is 0 Å². The van der Waals surface area contributed by atoms with E-state index in [1.165, 1.54) is 12.8 Å². The summed E-state index contributed by atoms with van der Waals surface area (Å²) in [7, 11) is 0. The van der Waals surface area contributed by atoms with Crippen LogP contribution in [0, 0.1) is 6.92 Å². The molecule has 0 aromatic carbocycles. The highest BCUT2D eigenvalue weighted by Crippen LogP contribution is 2.39. The normalized spacial score (nSPS) is 29.0. The molecule has 2 bridgehead atoms. The first-order chi connectivity index (χ1) is 9.31. The Kier molecular flexibility index (Phi) is 2.41. The Morgan fingerprint density at radius 1 is 1.37 bits per heavy atom. The van der Waals surface area contributed by atoms with Crippen LogP contribution in [0.1, 0.15) is 36.6 Å². The molecule has 5 heteroatoms. The summed E-state index contributed by atoms with van der Waals surface area (Å²) in [5.41, 5.74) is 2.07. The van der Waals surface area contributed by atoms with E-state index in [0.717, 1.165) is 23.4 Å². The zero-order valence-electron chi connectivity index (χ0n) is 10.8. The third-order valence-electron chi connectivity index (χ3n) is 4.34. The maximum absolute atomic E-state index is 5.48. The van der Waals surface area contributed by atoms with Gasteiger partial charge in [-0.2, -0.15) is 4.98 Å². The fourth-order valence-corrected chi connectivity index (χ4v) is 3.29. The molecule has 3 unspecified atom stereocenters. The topological polar surface area (TPSA) is 63.8 Å². The molecular weight excluding hydrogens is 240 g/mol. The van der Waals surface area contributed by atoms with Gasteiger partial charge in [-0.05, 0) is 37.8 Å². The number of aromatic nitrogens is 3. The lowest BCUT2D eigenvalue weighted by atomic mass is 9.89. The van der Waals surface area contributed by atoms with E-state index in [1.54, 1.807) is 12.4 Å². The number of hydrogen-bond acceptors (Lipinski definition) is 5. The Labute approximate surface area is 111 Å². The monoisotopic (exact) mass is 256 g/mol. The molecule has 2 aliphatic heterocycles. The Bertz CT molecular complexity index is 609. The number of pyridine rings is 1. The van der Waals surface area contributed by atoms with E-state index in [2.05, 4.69) is 20.4 Å². The number of hydrogen-bond donors (Lipinski definition) is 1. The molecule has 0 radical (unpaired) electrons. The second-order valence-corrected chi connectivity index (χ2v) is 5.54. The van der Waals surface area contributed by atoms with Crippen LogP contribution >= 0.6 is 0 Å². The van der Waals surface area contributed by atoms with Crippen LogP contribution in [0.15, 0.2) is 23.0 Å². The third kappa shape index (κ3) is 1.76. The molecule has 4 rings (SSSR count). The molecule has 2 aromatic heterocycles. The quantitative estimate of drug-likeness (QED) is 0.891. The SMILES string of the molecule is Cc1ccncc1-c1noc(C2CC3CCC2N3)n1. The van der Waals surface area contributed by atoms with Crippen LogP contribution < -0.4 is 5.32 Å². The highest BCUT2D eigenvalue weighted by atomic mass is 16.5. The molecule has 0 amide bonds. The molecule has 0 spiro atoms. The first-order valence-corrected chi connectivity index (χ1v) is 6.82. The van der Waals surface area contributed by atoms with Crippen LogP contribution in [0.3, 0.4) is 0 Å². The van der Waals surface area contributed by atoms with Crippen molar-refractivity contribution in [2.45, 2.75) is 44.2 Å². The summed E-state index contributed by atoms with van der Waals surface area (Å²) < 4.78 is 5.48. The molecular formula is C14H16N4O. The molecule has 98 valence electrons. The average molecular weight is 256 g/mol. The smallest absolute Gasteiger partial charge is 0.231 e. The summed E-state index contributed by atoms with van der Waals surface area (Å²) in [4.78, 5) is 8.72. The van der Waals surface area contributed by atoms with Crippen molar-refractivity contribution >= 4 is 0 Å². The Hall–Kier alpha value is -1.75. The van der Waals surface area contributed by atoms with E-state index in [9.17, 15) is 0 Å². The highest BCUT2D eigenvalue weighted by molar-refractivity contribution is 5.57. The van der Waals surface area contributed by atoms with Crippen LogP contribution in [0.5, 0.6) is 0 Å². The minimum atomic E-state index is 0.386. The fraction of sp³-hybridized carbons (Fsp3) is 0.500. The van der Waals surface area contributed by atoms with Crippen molar-refractivity contribution in [1.29, 1.82) is 0 Å². The zero-order chi connectivity index (χ0) is 12.8. The summed E-state index contributed by atoms with van der Waals surface area (Å²) in [6, 6.07) is 3.13. The van der Waals surface area contributed by atoms with Gasteiger partial charge in [-0.25, -0.2) is 0 Å². The van der Waals surface area contributed by atoms with Crippen molar-refractivity contribution < 1.29 is 4.52 Å². The zero-order valence-corrected chi connectivity index (χ0v) is 10.8. The van der Waals surface area contributed by atoms with Gasteiger partial charge in [-0.1, -0.05) is 5.16 Å². The van der Waals surface area contributed by atoms with Crippen LogP contribution in [0.25, 0.3) is 11.4 Å². The first kappa shape index (κ1) is 11.1. The largest absolute Gasteiger partial charge is 0.339 e. The van der Waals surface area contributed by atoms with E-state index in [0.29, 0.717) is 23.8 Å². The third-order valence-corrected chi connectivity index (χ3v) is 4.34. The second-order valence-electron chi connectivity index (χ2n) is 5.54. The van der Waals surface area contributed by atoms with Crippen LogP contribution in [0.4, 0.5) is 0 Å². The lowest BCUT2D eigenvalue weighted by Gasteiger charge is -2.15. The van der Waals surface area contributed by atoms with E-state index >= 15 is 0 Å². The van der Waals surface area contributed by atoms with E-state index in [1.807, 2.05) is 13.0 Å². The van der Waals surface area contributed by atoms with Crippen LogP contribution in [0.2, 0.25) is 0 Å². The molecule has 1 N–H and O–H groups in total. The molecule has 19 heavy (non-hydrogen) atoms. The highest BCUT2D eigenvalue weighted by Gasteiger charge is 2.42. The standard InChI is InChI=1S/C14H16N4O/c1-8-4-5-15-7-11(8)13-17-14(19-18-13)10-6-9-2-3-12(10)16-9/h4-5,7,9-10,12,16H,2-3,6H2,1H3. The number of fused-ring (bicyclic) bond motifs is 2. The summed E-state index contributed by atoms with van der Waals surface area (Å²) >= 11 is 0. The number of nitrogens with one attached hydrogen (secondary N) is 1. The van der Waals surface area contributed by atoms with Gasteiger partial charge in [0.25, 0.3) is 0 Å². The van der Waals surface area contributed by atoms with Gasteiger partial charge in [0.15, 0.2) is 0 Å². The lowest BCUT2D eigenvalue weighted by Crippen LogP contribution is -2.21. The summed E-state index contributed by atoms with van der Waals surface area (Å²) in [5, 5.41) is 7.72. The molecule has 0 aliphatic carbocycles. The average Bonchev–Trinajstić information content (AvgIpc) is 3.15. The van der Waals surface area contributed by atoms with Gasteiger partial charge in [0, 0.05) is 30.0 Å². The van der Waals surface area contributed by atoms with Crippen molar-refractivity contribution in [2.24, 2.45) is 0 Å². The molecule has 2 aliphatic rings. The molecule has 4 heterocycles. The van der Waals surface area contributed by atoms with Crippen molar-refractivity contribution in [3.8, 4) is 11.4 Å². The van der Waals surface area contributed by atoms with Gasteiger partial charge in [0.2, 0.25) is 11.7 Å². The Morgan fingerprint density at radius 3 is 3.05 bits per heavy atom. The minimum Gasteiger partial charge on any atom is -0.339 e. The van der Waals surface area contributed by atoms with Crippen molar-refractivity contribution in [1.82, 2.24) is 20.4 Å². The van der Waals surface area contributed by atoms with Gasteiger partial charge in [-0.15, -0.1) is 0 Å². The van der Waals surface area contributed by atoms with Crippen LogP contribution in [-0.4, -0.2) is 27.2 Å². The second kappa shape index (κ2) is 4.13. The predicted molar refractivity (Wildman–Crippen MR) is 69.6 cm³/mol. The van der Waals surface area contributed by atoms with Gasteiger partial charge in [-0.3, -0.25) is 4.98 Å². The molecule has 2 aromatic rings. The number of nitrogens with zero attached hydrogens (tertiary/aromatic N) is 3. The summed E-state index contributed by atoms with van der Waals surface area (Å²) in [6.45, 7) is 2.03. The van der Waals surface area contributed by atoms with Gasteiger partial charge < -0.3 is 9.84 Å². The van der Waals surface area contributed by atoms with Crippen molar-refractivity contribution in [3.05, 3.63) is 29.9 Å². The minimum absolute atomic E-state index is 0.386. The van der Waals surface area contributed by atoms with E-state index < -0.39 is 0 Å². The van der Waals surface area contributed by atoms with Gasteiger partial charge >= 0.3 is 0 Å². The van der Waals surface area contributed by atoms with E-state index in [-0.39, 0.29) is 0 Å². The molecule has 3 atom stereocenters. The summed E-state index contributed by atoms with van der Waals surface area (Å²) in [5.74, 6) is 1.82. The fourth-order valence-electron chi connectivity index (χ4n) is 3.29. The summed E-state index contributed by atoms with van der Waals surface area (Å²) in [6.07, 6.45) is 7.20.